The number of hydrogen-bond acceptors (Lipinski definition) is 5. The molecule has 2 aliphatic heterocycles. The average Bonchev–Trinajstić information content (AvgIpc) is 3.12. The van der Waals surface area contributed by atoms with E-state index in [1.54, 1.807) is 11.0 Å². The van der Waals surface area contributed by atoms with E-state index in [4.69, 9.17) is 4.74 Å². The van der Waals surface area contributed by atoms with E-state index < -0.39 is 0 Å². The Labute approximate surface area is 154 Å². The lowest BCUT2D eigenvalue weighted by atomic mass is 9.97. The largest absolute Gasteiger partial charge is 0.466 e. The van der Waals surface area contributed by atoms with Gasteiger partial charge in [0.1, 0.15) is 5.69 Å². The number of hydrogen-bond donors (Lipinski definition) is 1. The molecule has 1 aromatic heterocycles. The number of ether oxygens (including phenoxy) is 1. The molecule has 2 saturated heterocycles. The van der Waals surface area contributed by atoms with Crippen molar-refractivity contribution in [3.8, 4) is 0 Å². The molecule has 1 N–H and O–H groups in total. The monoisotopic (exact) mass is 370 g/mol. The molecule has 8 heteroatoms. The van der Waals surface area contributed by atoms with Crippen LogP contribution in [0.1, 0.15) is 49.1 Å². The molecule has 25 heavy (non-hydrogen) atoms. The molecule has 3 rings (SSSR count). The van der Waals surface area contributed by atoms with E-state index in [1.807, 2.05) is 17.8 Å². The Bertz CT molecular complexity index is 578. The normalized spacial score (nSPS) is 21.5. The number of nitrogens with zero attached hydrogens (tertiary/aromatic N) is 3. The van der Waals surface area contributed by atoms with Crippen molar-refractivity contribution in [1.29, 1.82) is 0 Å². The van der Waals surface area contributed by atoms with Crippen LogP contribution >= 0.6 is 12.4 Å². The zero-order chi connectivity index (χ0) is 16.9. The number of nitrogens with one attached hydrogen (secondary N) is 1. The van der Waals surface area contributed by atoms with Crippen LogP contribution in [0, 0.1) is 5.92 Å². The molecule has 3 heterocycles. The number of aromatic nitrogens is 2. The fourth-order valence-electron chi connectivity index (χ4n) is 3.46. The van der Waals surface area contributed by atoms with Crippen molar-refractivity contribution >= 4 is 24.3 Å². The topological polar surface area (TPSA) is 76.5 Å². The van der Waals surface area contributed by atoms with Crippen molar-refractivity contribution in [2.45, 2.75) is 38.6 Å². The minimum absolute atomic E-state index is 0. The number of piperidine rings is 2. The molecular weight excluding hydrogens is 344 g/mol. The summed E-state index contributed by atoms with van der Waals surface area (Å²) in [4.78, 5) is 26.2. The Morgan fingerprint density at radius 2 is 2.08 bits per heavy atom. The van der Waals surface area contributed by atoms with Crippen LogP contribution in [0.5, 0.6) is 0 Å². The fraction of sp³-hybridized carbons (Fsp3) is 0.706. The number of carbonyl (C=O) groups is 2. The average molecular weight is 371 g/mol. The summed E-state index contributed by atoms with van der Waals surface area (Å²) in [5.74, 6) is -0.265. The van der Waals surface area contributed by atoms with E-state index in [-0.39, 0.29) is 30.2 Å². The second kappa shape index (κ2) is 9.20. The minimum atomic E-state index is -0.140. The quantitative estimate of drug-likeness (QED) is 0.815. The first-order chi connectivity index (χ1) is 11.7. The number of esters is 1. The van der Waals surface area contributed by atoms with E-state index in [0.29, 0.717) is 44.3 Å². The van der Waals surface area contributed by atoms with Gasteiger partial charge in [-0.25, -0.2) is 0 Å². The number of rotatable bonds is 4. The second-order valence-corrected chi connectivity index (χ2v) is 6.50. The molecule has 1 aromatic rings. The zero-order valence-electron chi connectivity index (χ0n) is 14.6. The third-order valence-corrected chi connectivity index (χ3v) is 4.87. The van der Waals surface area contributed by atoms with Crippen LogP contribution in [0.4, 0.5) is 0 Å². The Kier molecular flexibility index (Phi) is 7.25. The van der Waals surface area contributed by atoms with E-state index in [2.05, 4.69) is 10.4 Å². The van der Waals surface area contributed by atoms with E-state index >= 15 is 0 Å². The minimum Gasteiger partial charge on any atom is -0.466 e. The fourth-order valence-corrected chi connectivity index (χ4v) is 3.46. The highest BCUT2D eigenvalue weighted by Crippen LogP contribution is 2.21. The van der Waals surface area contributed by atoms with Gasteiger partial charge in [0.2, 0.25) is 0 Å². The van der Waals surface area contributed by atoms with Crippen molar-refractivity contribution in [3.05, 3.63) is 18.0 Å². The van der Waals surface area contributed by atoms with Crippen LogP contribution in [-0.4, -0.2) is 59.3 Å². The molecule has 0 bridgehead atoms. The SMILES string of the molecule is CCOC(=O)C1CCN(C(=O)c2ccn(C3CCCNC3)n2)CC1.Cl. The molecule has 0 spiro atoms. The first kappa shape index (κ1) is 19.7. The molecular formula is C17H27ClN4O3. The number of amides is 1. The number of halogens is 1. The summed E-state index contributed by atoms with van der Waals surface area (Å²) in [6, 6.07) is 2.13. The highest BCUT2D eigenvalue weighted by atomic mass is 35.5. The maximum atomic E-state index is 12.6. The first-order valence-electron chi connectivity index (χ1n) is 8.91. The van der Waals surface area contributed by atoms with E-state index in [9.17, 15) is 9.59 Å². The lowest BCUT2D eigenvalue weighted by Crippen LogP contribution is -2.41. The van der Waals surface area contributed by atoms with E-state index in [1.165, 1.54) is 0 Å². The summed E-state index contributed by atoms with van der Waals surface area (Å²) in [7, 11) is 0. The summed E-state index contributed by atoms with van der Waals surface area (Å²) >= 11 is 0. The molecule has 7 nitrogen and oxygen atoms in total. The van der Waals surface area contributed by atoms with Gasteiger partial charge < -0.3 is 15.0 Å². The van der Waals surface area contributed by atoms with Crippen molar-refractivity contribution in [3.63, 3.8) is 0 Å². The molecule has 2 fully saturated rings. The molecule has 0 aliphatic carbocycles. The van der Waals surface area contributed by atoms with Crippen molar-refractivity contribution in [2.75, 3.05) is 32.8 Å². The maximum Gasteiger partial charge on any atom is 0.309 e. The summed E-state index contributed by atoms with van der Waals surface area (Å²) in [6.07, 6.45) is 5.45. The molecule has 2 aliphatic rings. The third-order valence-electron chi connectivity index (χ3n) is 4.87. The van der Waals surface area contributed by atoms with Gasteiger partial charge >= 0.3 is 5.97 Å². The predicted octanol–water partition coefficient (Wildman–Crippen LogP) is 1.64. The molecule has 0 radical (unpaired) electrons. The van der Waals surface area contributed by atoms with Crippen LogP contribution in [0.2, 0.25) is 0 Å². The van der Waals surface area contributed by atoms with Crippen LogP contribution in [0.15, 0.2) is 12.3 Å². The van der Waals surface area contributed by atoms with Crippen LogP contribution in [-0.2, 0) is 9.53 Å². The molecule has 0 saturated carbocycles. The van der Waals surface area contributed by atoms with Gasteiger partial charge in [0.05, 0.1) is 18.6 Å². The van der Waals surface area contributed by atoms with Gasteiger partial charge in [-0.2, -0.15) is 5.10 Å². The highest BCUT2D eigenvalue weighted by molar-refractivity contribution is 5.92. The van der Waals surface area contributed by atoms with Gasteiger partial charge in [0.15, 0.2) is 0 Å². The number of likely N-dealkylation sites (tertiary alicyclic amines) is 1. The van der Waals surface area contributed by atoms with Gasteiger partial charge in [-0.05, 0) is 45.2 Å². The second-order valence-electron chi connectivity index (χ2n) is 6.50. The number of carbonyl (C=O) groups excluding carboxylic acids is 2. The molecule has 1 amide bonds. The van der Waals surface area contributed by atoms with Crippen LogP contribution in [0.3, 0.4) is 0 Å². The Morgan fingerprint density at radius 1 is 1.32 bits per heavy atom. The molecule has 0 aromatic carbocycles. The third kappa shape index (κ3) is 4.73. The van der Waals surface area contributed by atoms with Gasteiger partial charge in [-0.3, -0.25) is 14.3 Å². The first-order valence-corrected chi connectivity index (χ1v) is 8.91. The predicted molar refractivity (Wildman–Crippen MR) is 95.9 cm³/mol. The maximum absolute atomic E-state index is 12.6. The van der Waals surface area contributed by atoms with Gasteiger partial charge in [0, 0.05) is 25.8 Å². The van der Waals surface area contributed by atoms with E-state index in [0.717, 1.165) is 25.9 Å². The van der Waals surface area contributed by atoms with Gasteiger partial charge in [0.25, 0.3) is 5.91 Å². The van der Waals surface area contributed by atoms with Gasteiger partial charge in [-0.1, -0.05) is 0 Å². The zero-order valence-corrected chi connectivity index (χ0v) is 15.5. The Balaban J connectivity index is 0.00000225. The van der Waals surface area contributed by atoms with Gasteiger partial charge in [-0.15, -0.1) is 12.4 Å². The highest BCUT2D eigenvalue weighted by Gasteiger charge is 2.29. The molecule has 1 unspecified atom stereocenters. The van der Waals surface area contributed by atoms with Crippen LogP contribution in [0.25, 0.3) is 0 Å². The Morgan fingerprint density at radius 3 is 2.72 bits per heavy atom. The standard InChI is InChI=1S/C17H26N4O3.ClH/c1-2-24-17(23)13-5-9-20(10-6-13)16(22)15-7-11-21(19-15)14-4-3-8-18-12-14;/h7,11,13-14,18H,2-6,8-10,12H2,1H3;1H. The van der Waals surface area contributed by atoms with Crippen molar-refractivity contribution in [2.24, 2.45) is 5.92 Å². The summed E-state index contributed by atoms with van der Waals surface area (Å²) < 4.78 is 6.98. The smallest absolute Gasteiger partial charge is 0.309 e. The lowest BCUT2D eigenvalue weighted by Gasteiger charge is -2.30. The Hall–Kier alpha value is -1.60. The van der Waals surface area contributed by atoms with Crippen molar-refractivity contribution < 1.29 is 14.3 Å². The summed E-state index contributed by atoms with van der Waals surface area (Å²) in [5, 5.41) is 7.85. The summed E-state index contributed by atoms with van der Waals surface area (Å²) in [5.41, 5.74) is 0.496. The molecule has 140 valence electrons. The lowest BCUT2D eigenvalue weighted by molar-refractivity contribution is -0.149. The van der Waals surface area contributed by atoms with Crippen LogP contribution < -0.4 is 5.32 Å². The van der Waals surface area contributed by atoms with Crippen molar-refractivity contribution in [1.82, 2.24) is 20.0 Å². The molecule has 1 atom stereocenters. The summed E-state index contributed by atoms with van der Waals surface area (Å²) in [6.45, 7) is 5.35.